The van der Waals surface area contributed by atoms with E-state index in [9.17, 15) is 5.11 Å². The van der Waals surface area contributed by atoms with E-state index >= 15 is 0 Å². The molecule has 1 radical (unpaired) electrons. The van der Waals surface area contributed by atoms with Gasteiger partial charge in [0.2, 0.25) is 0 Å². The summed E-state index contributed by atoms with van der Waals surface area (Å²) >= 11 is 0. The van der Waals surface area contributed by atoms with Crippen LogP contribution in [0.2, 0.25) is 0 Å². The Morgan fingerprint density at radius 2 is 1.18 bits per heavy atom. The largest absolute Gasteiger partial charge is 0.690 e. The maximum absolute atomic E-state index is 10.5. The fourth-order valence-corrected chi connectivity index (χ4v) is 1.67. The Morgan fingerprint density at radius 1 is 0.824 bits per heavy atom. The first-order valence-corrected chi connectivity index (χ1v) is 5.04. The van der Waals surface area contributed by atoms with Gasteiger partial charge in [-0.2, -0.15) is 0 Å². The SMILES string of the molecule is [C-]#CC(O)(c1ccccc1)c1ccccc1.[Y]. The molecule has 0 bridgehead atoms. The van der Waals surface area contributed by atoms with E-state index in [1.807, 2.05) is 36.4 Å². The predicted octanol–water partition coefficient (Wildman–Crippen LogP) is 2.51. The third kappa shape index (κ3) is 2.84. The number of hydrogen-bond donors (Lipinski definition) is 1. The Hall–Kier alpha value is -0.936. The van der Waals surface area contributed by atoms with Gasteiger partial charge < -0.3 is 17.5 Å². The van der Waals surface area contributed by atoms with Gasteiger partial charge >= 0.3 is 0 Å². The average molecular weight is 296 g/mol. The van der Waals surface area contributed by atoms with Crippen molar-refractivity contribution in [2.45, 2.75) is 5.60 Å². The van der Waals surface area contributed by atoms with Gasteiger partial charge in [0.1, 0.15) is 5.60 Å². The van der Waals surface area contributed by atoms with Crippen LogP contribution in [0.25, 0.3) is 0 Å². The topological polar surface area (TPSA) is 20.2 Å². The second kappa shape index (κ2) is 6.12. The second-order valence-corrected chi connectivity index (χ2v) is 3.57. The molecule has 2 aromatic carbocycles. The molecule has 0 unspecified atom stereocenters. The van der Waals surface area contributed by atoms with Crippen molar-refractivity contribution in [2.24, 2.45) is 0 Å². The van der Waals surface area contributed by atoms with Gasteiger partial charge in [0, 0.05) is 32.7 Å². The summed E-state index contributed by atoms with van der Waals surface area (Å²) in [6, 6.07) is 18.2. The minimum Gasteiger partial charge on any atom is -0.690 e. The monoisotopic (exact) mass is 296 g/mol. The normalized spacial score (nSPS) is 10.1. The van der Waals surface area contributed by atoms with Crippen LogP contribution in [0.5, 0.6) is 0 Å². The molecule has 0 aliphatic heterocycles. The zero-order chi connectivity index (χ0) is 11.4. The van der Waals surface area contributed by atoms with Crippen LogP contribution in [0.15, 0.2) is 60.7 Å². The van der Waals surface area contributed by atoms with Crippen LogP contribution in [0.1, 0.15) is 11.1 Å². The number of hydrogen-bond acceptors (Lipinski definition) is 1. The summed E-state index contributed by atoms with van der Waals surface area (Å²) < 4.78 is 0. The summed E-state index contributed by atoms with van der Waals surface area (Å²) in [5.74, 6) is 2.22. The predicted molar refractivity (Wildman–Crippen MR) is 63.0 cm³/mol. The van der Waals surface area contributed by atoms with Gasteiger partial charge in [-0.05, 0) is 11.1 Å². The smallest absolute Gasteiger partial charge is 0.138 e. The molecule has 0 atom stereocenters. The molecule has 0 aromatic heterocycles. The molecule has 0 saturated heterocycles. The third-order valence-corrected chi connectivity index (χ3v) is 2.56. The minimum absolute atomic E-state index is 0. The molecule has 17 heavy (non-hydrogen) atoms. The van der Waals surface area contributed by atoms with Crippen LogP contribution in [0, 0.1) is 12.3 Å². The zero-order valence-electron chi connectivity index (χ0n) is 9.30. The van der Waals surface area contributed by atoms with Gasteiger partial charge in [0.05, 0.1) is 0 Å². The first-order valence-electron chi connectivity index (χ1n) is 5.04. The van der Waals surface area contributed by atoms with Gasteiger partial charge in [-0.3, -0.25) is 0 Å². The molecule has 0 fully saturated rings. The molecule has 1 N–H and O–H groups in total. The fraction of sp³-hybridized carbons (Fsp3) is 0.0667. The minimum atomic E-state index is -1.46. The molecule has 2 heteroatoms. The van der Waals surface area contributed by atoms with Crippen molar-refractivity contribution in [3.8, 4) is 5.92 Å². The Kier molecular flexibility index (Phi) is 5.09. The van der Waals surface area contributed by atoms with E-state index in [0.717, 1.165) is 0 Å². The molecule has 81 valence electrons. The third-order valence-electron chi connectivity index (χ3n) is 2.56. The van der Waals surface area contributed by atoms with E-state index in [-0.39, 0.29) is 32.7 Å². The molecular weight excluding hydrogens is 285 g/mol. The van der Waals surface area contributed by atoms with Crippen LogP contribution in [0.3, 0.4) is 0 Å². The van der Waals surface area contributed by atoms with Crippen LogP contribution in [-0.2, 0) is 38.3 Å². The van der Waals surface area contributed by atoms with Crippen LogP contribution in [-0.4, -0.2) is 5.11 Å². The molecule has 0 spiro atoms. The van der Waals surface area contributed by atoms with E-state index in [2.05, 4.69) is 5.92 Å². The molecule has 0 aliphatic rings. The maximum atomic E-state index is 10.5. The quantitative estimate of drug-likeness (QED) is 0.667. The van der Waals surface area contributed by atoms with Gasteiger partial charge in [-0.1, -0.05) is 60.7 Å². The number of benzene rings is 2. The van der Waals surface area contributed by atoms with Gasteiger partial charge in [-0.25, -0.2) is 0 Å². The van der Waals surface area contributed by atoms with Crippen molar-refractivity contribution < 1.29 is 37.8 Å². The van der Waals surface area contributed by atoms with Crippen LogP contribution in [0.4, 0.5) is 0 Å². The zero-order valence-corrected chi connectivity index (χ0v) is 12.1. The van der Waals surface area contributed by atoms with E-state index in [1.165, 1.54) is 0 Å². The first kappa shape index (κ1) is 14.1. The van der Waals surface area contributed by atoms with Crippen molar-refractivity contribution in [3.05, 3.63) is 78.2 Å². The van der Waals surface area contributed by atoms with Crippen molar-refractivity contribution in [3.63, 3.8) is 0 Å². The summed E-state index contributed by atoms with van der Waals surface area (Å²) in [5, 5.41) is 10.5. The van der Waals surface area contributed by atoms with Gasteiger partial charge in [0.15, 0.2) is 0 Å². The summed E-state index contributed by atoms with van der Waals surface area (Å²) in [6.45, 7) is 0. The second-order valence-electron chi connectivity index (χ2n) is 3.57. The summed E-state index contributed by atoms with van der Waals surface area (Å²) in [4.78, 5) is 0. The number of rotatable bonds is 2. The maximum Gasteiger partial charge on any atom is 0.138 e. The van der Waals surface area contributed by atoms with Crippen molar-refractivity contribution in [1.82, 2.24) is 0 Å². The summed E-state index contributed by atoms with van der Waals surface area (Å²) in [7, 11) is 0. The molecule has 1 nitrogen and oxygen atoms in total. The van der Waals surface area contributed by atoms with E-state index in [1.54, 1.807) is 24.3 Å². The molecular formula is C15H11OY-. The summed E-state index contributed by atoms with van der Waals surface area (Å²) in [6.07, 6.45) is 7.33. The standard InChI is InChI=1S/C15H11O.Y/c1-2-15(16,13-9-5-3-6-10-13)14-11-7-4-8-12-14;/h3-12,16H;/q-1;. The molecule has 0 aliphatic carbocycles. The van der Waals surface area contributed by atoms with E-state index < -0.39 is 5.60 Å². The molecule has 0 amide bonds. The van der Waals surface area contributed by atoms with Gasteiger partial charge in [-0.15, -0.1) is 0 Å². The molecule has 2 rings (SSSR count). The Balaban J connectivity index is 0.00000144. The molecule has 2 aromatic rings. The van der Waals surface area contributed by atoms with Crippen molar-refractivity contribution in [2.75, 3.05) is 0 Å². The summed E-state index contributed by atoms with van der Waals surface area (Å²) in [5.41, 5.74) is -0.157. The Bertz CT molecular complexity index is 460. The average Bonchev–Trinajstić information content (AvgIpc) is 2.40. The van der Waals surface area contributed by atoms with E-state index in [4.69, 9.17) is 6.42 Å². The van der Waals surface area contributed by atoms with E-state index in [0.29, 0.717) is 11.1 Å². The Morgan fingerprint density at radius 3 is 1.47 bits per heavy atom. The van der Waals surface area contributed by atoms with Crippen molar-refractivity contribution in [1.29, 1.82) is 0 Å². The van der Waals surface area contributed by atoms with Crippen molar-refractivity contribution >= 4 is 0 Å². The molecule has 0 heterocycles. The van der Waals surface area contributed by atoms with Crippen LogP contribution >= 0.6 is 0 Å². The fourth-order valence-electron chi connectivity index (χ4n) is 1.67. The number of aliphatic hydroxyl groups is 1. The van der Waals surface area contributed by atoms with Gasteiger partial charge in [0.25, 0.3) is 0 Å². The molecule has 0 saturated carbocycles. The first-order chi connectivity index (χ1) is 7.77. The van der Waals surface area contributed by atoms with Crippen LogP contribution < -0.4 is 0 Å². The Labute approximate surface area is 127 Å².